The number of benzene rings is 2. The molecule has 1 fully saturated rings. The van der Waals surface area contributed by atoms with Gasteiger partial charge < -0.3 is 0 Å². The molecule has 0 unspecified atom stereocenters. The Morgan fingerprint density at radius 1 is 1.09 bits per heavy atom. The van der Waals surface area contributed by atoms with Crippen molar-refractivity contribution in [2.24, 2.45) is 0 Å². The molecule has 23 heavy (non-hydrogen) atoms. The Labute approximate surface area is 134 Å². The lowest BCUT2D eigenvalue weighted by molar-refractivity contribution is -0.117. The first-order valence-corrected chi connectivity index (χ1v) is 6.91. The fourth-order valence-electron chi connectivity index (χ4n) is 2.13. The average Bonchev–Trinajstić information content (AvgIpc) is 2.78. The molecule has 116 valence electrons. The Hall–Kier alpha value is -2.73. The zero-order chi connectivity index (χ0) is 16.6. The summed E-state index contributed by atoms with van der Waals surface area (Å²) in [6.07, 6.45) is 1.28. The predicted molar refractivity (Wildman–Crippen MR) is 81.4 cm³/mol. The van der Waals surface area contributed by atoms with E-state index in [1.807, 2.05) is 0 Å². The van der Waals surface area contributed by atoms with Crippen molar-refractivity contribution in [3.63, 3.8) is 0 Å². The number of halogens is 3. The number of hydrogen-bond acceptors (Lipinski definition) is 2. The Balaban J connectivity index is 1.95. The van der Waals surface area contributed by atoms with Gasteiger partial charge in [0.1, 0.15) is 17.2 Å². The fourth-order valence-corrected chi connectivity index (χ4v) is 2.30. The molecule has 2 amide bonds. The third-order valence-corrected chi connectivity index (χ3v) is 3.50. The SMILES string of the molecule is O=C1NN(c2ccc(F)c(Cl)c2)C(=O)/C1=C/c1cccc(F)c1. The van der Waals surface area contributed by atoms with E-state index in [1.165, 1.54) is 36.4 Å². The first-order chi connectivity index (χ1) is 11.0. The van der Waals surface area contributed by atoms with Gasteiger partial charge in [0, 0.05) is 0 Å². The standard InChI is InChI=1S/C16H9ClF2N2O2/c17-13-8-11(4-5-14(13)19)21-16(23)12(15(22)20-21)7-9-2-1-3-10(18)6-9/h1-8H,(H,20,22)/b12-7+. The third kappa shape index (κ3) is 2.93. The zero-order valence-corrected chi connectivity index (χ0v) is 12.3. The summed E-state index contributed by atoms with van der Waals surface area (Å²) in [5.74, 6) is -2.39. The molecule has 0 radical (unpaired) electrons. The Bertz CT molecular complexity index is 852. The van der Waals surface area contributed by atoms with E-state index >= 15 is 0 Å². The summed E-state index contributed by atoms with van der Waals surface area (Å²) in [7, 11) is 0. The van der Waals surface area contributed by atoms with Gasteiger partial charge in [0.25, 0.3) is 11.8 Å². The van der Waals surface area contributed by atoms with Crippen LogP contribution in [0.15, 0.2) is 48.0 Å². The highest BCUT2D eigenvalue weighted by Crippen LogP contribution is 2.25. The maximum Gasteiger partial charge on any atom is 0.282 e. The topological polar surface area (TPSA) is 49.4 Å². The summed E-state index contributed by atoms with van der Waals surface area (Å²) in [6, 6.07) is 9.11. The minimum absolute atomic E-state index is 0.156. The summed E-state index contributed by atoms with van der Waals surface area (Å²) in [5, 5.41) is 0.783. The van der Waals surface area contributed by atoms with Crippen LogP contribution in [0.2, 0.25) is 5.02 Å². The van der Waals surface area contributed by atoms with Crippen LogP contribution in [0.4, 0.5) is 14.5 Å². The first-order valence-electron chi connectivity index (χ1n) is 6.53. The molecule has 3 rings (SSSR count). The van der Waals surface area contributed by atoms with Crippen molar-refractivity contribution in [1.82, 2.24) is 5.43 Å². The normalized spacial score (nSPS) is 16.1. The van der Waals surface area contributed by atoms with Crippen molar-refractivity contribution < 1.29 is 18.4 Å². The number of amides is 2. The molecule has 7 heteroatoms. The molecular weight excluding hydrogens is 326 g/mol. The van der Waals surface area contributed by atoms with Crippen LogP contribution in [0.1, 0.15) is 5.56 Å². The quantitative estimate of drug-likeness (QED) is 0.678. The molecular formula is C16H9ClF2N2O2. The van der Waals surface area contributed by atoms with E-state index in [0.717, 1.165) is 11.1 Å². The highest BCUT2D eigenvalue weighted by atomic mass is 35.5. The maximum atomic E-state index is 13.2. The van der Waals surface area contributed by atoms with E-state index in [0.29, 0.717) is 5.56 Å². The van der Waals surface area contributed by atoms with Crippen LogP contribution in [-0.4, -0.2) is 11.8 Å². The predicted octanol–water partition coefficient (Wildman–Crippen LogP) is 3.08. The monoisotopic (exact) mass is 334 g/mol. The van der Waals surface area contributed by atoms with Crippen molar-refractivity contribution in [2.45, 2.75) is 0 Å². The van der Waals surface area contributed by atoms with E-state index in [-0.39, 0.29) is 16.3 Å². The number of hydrogen-bond donors (Lipinski definition) is 1. The minimum atomic E-state index is -0.639. The minimum Gasteiger partial charge on any atom is -0.267 e. The highest BCUT2D eigenvalue weighted by molar-refractivity contribution is 6.33. The lowest BCUT2D eigenvalue weighted by Gasteiger charge is -2.14. The summed E-state index contributed by atoms with van der Waals surface area (Å²) >= 11 is 5.68. The molecule has 4 nitrogen and oxygen atoms in total. The Morgan fingerprint density at radius 2 is 1.87 bits per heavy atom. The highest BCUT2D eigenvalue weighted by Gasteiger charge is 2.34. The molecule has 2 aromatic carbocycles. The largest absolute Gasteiger partial charge is 0.282 e. The second kappa shape index (κ2) is 5.81. The fraction of sp³-hybridized carbons (Fsp3) is 0. The number of hydrazine groups is 1. The molecule has 0 spiro atoms. The van der Waals surface area contributed by atoms with Crippen LogP contribution >= 0.6 is 11.6 Å². The number of carbonyl (C=O) groups is 2. The molecule has 0 atom stereocenters. The van der Waals surface area contributed by atoms with Gasteiger partial charge >= 0.3 is 0 Å². The zero-order valence-electron chi connectivity index (χ0n) is 11.5. The van der Waals surface area contributed by atoms with E-state index in [1.54, 1.807) is 6.07 Å². The Kier molecular flexibility index (Phi) is 3.83. The van der Waals surface area contributed by atoms with Crippen LogP contribution in [0.5, 0.6) is 0 Å². The van der Waals surface area contributed by atoms with Crippen LogP contribution in [0.25, 0.3) is 6.08 Å². The van der Waals surface area contributed by atoms with Crippen LogP contribution in [-0.2, 0) is 9.59 Å². The second-order valence-electron chi connectivity index (χ2n) is 4.79. The van der Waals surface area contributed by atoms with E-state index in [9.17, 15) is 18.4 Å². The van der Waals surface area contributed by atoms with Crippen molar-refractivity contribution in [1.29, 1.82) is 0 Å². The average molecular weight is 335 g/mol. The number of nitrogens with zero attached hydrogens (tertiary/aromatic N) is 1. The van der Waals surface area contributed by atoms with Crippen LogP contribution in [0.3, 0.4) is 0 Å². The van der Waals surface area contributed by atoms with Crippen molar-refractivity contribution in [3.05, 3.63) is 70.3 Å². The molecule has 1 heterocycles. The van der Waals surface area contributed by atoms with Gasteiger partial charge in [-0.05, 0) is 42.0 Å². The lowest BCUT2D eigenvalue weighted by atomic mass is 10.1. The van der Waals surface area contributed by atoms with E-state index in [4.69, 9.17) is 11.6 Å². The molecule has 0 saturated carbocycles. The number of rotatable bonds is 2. The number of carbonyl (C=O) groups excluding carboxylic acids is 2. The molecule has 1 N–H and O–H groups in total. The van der Waals surface area contributed by atoms with Crippen LogP contribution in [0, 0.1) is 11.6 Å². The first kappa shape index (κ1) is 15.2. The van der Waals surface area contributed by atoms with Gasteiger partial charge in [-0.2, -0.15) is 0 Å². The summed E-state index contributed by atoms with van der Waals surface area (Å²) in [4.78, 5) is 24.3. The van der Waals surface area contributed by atoms with Gasteiger partial charge in [-0.1, -0.05) is 23.7 Å². The van der Waals surface area contributed by atoms with Gasteiger partial charge in [0.05, 0.1) is 10.7 Å². The summed E-state index contributed by atoms with van der Waals surface area (Å²) in [5.41, 5.74) is 2.79. The molecule has 0 aromatic heterocycles. The van der Waals surface area contributed by atoms with Gasteiger partial charge in [0.15, 0.2) is 0 Å². The molecule has 0 bridgehead atoms. The molecule has 1 aliphatic heterocycles. The van der Waals surface area contributed by atoms with Crippen molar-refractivity contribution in [2.75, 3.05) is 5.01 Å². The summed E-state index contributed by atoms with van der Waals surface area (Å²) in [6.45, 7) is 0. The second-order valence-corrected chi connectivity index (χ2v) is 5.20. The molecule has 0 aliphatic carbocycles. The van der Waals surface area contributed by atoms with Crippen molar-refractivity contribution >= 4 is 35.2 Å². The summed E-state index contributed by atoms with van der Waals surface area (Å²) < 4.78 is 26.4. The maximum absolute atomic E-state index is 13.2. The van der Waals surface area contributed by atoms with Gasteiger partial charge in [-0.15, -0.1) is 0 Å². The molecule has 2 aromatic rings. The van der Waals surface area contributed by atoms with Gasteiger partial charge in [0.2, 0.25) is 0 Å². The number of nitrogens with one attached hydrogen (secondary N) is 1. The van der Waals surface area contributed by atoms with Crippen LogP contribution < -0.4 is 10.4 Å². The smallest absolute Gasteiger partial charge is 0.267 e. The van der Waals surface area contributed by atoms with Crippen molar-refractivity contribution in [3.8, 4) is 0 Å². The Morgan fingerprint density at radius 3 is 2.57 bits per heavy atom. The molecule has 1 aliphatic rings. The third-order valence-electron chi connectivity index (χ3n) is 3.21. The lowest BCUT2D eigenvalue weighted by Crippen LogP contribution is -2.35. The van der Waals surface area contributed by atoms with E-state index < -0.39 is 23.4 Å². The number of anilines is 1. The molecule has 1 saturated heterocycles. The van der Waals surface area contributed by atoms with Gasteiger partial charge in [-0.25, -0.2) is 13.8 Å². The van der Waals surface area contributed by atoms with Gasteiger partial charge in [-0.3, -0.25) is 15.0 Å². The van der Waals surface area contributed by atoms with E-state index in [2.05, 4.69) is 5.43 Å².